The van der Waals surface area contributed by atoms with Crippen molar-refractivity contribution < 1.29 is 28.6 Å². The van der Waals surface area contributed by atoms with Gasteiger partial charge in [-0.3, -0.25) is 14.4 Å². The number of allylic oxidation sites excluding steroid dienone is 2. The van der Waals surface area contributed by atoms with E-state index in [1.807, 2.05) is 0 Å². The SMILES string of the molecule is COc1ccc2c(c1OC)[C@H]1C=C[C@@](Br)(C2=O)[C@@H]2C(=O)OC(=O)[C@@H]12. The quantitative estimate of drug-likeness (QED) is 0.331. The average molecular weight is 393 g/mol. The fourth-order valence-electron chi connectivity index (χ4n) is 3.95. The lowest BCUT2D eigenvalue weighted by atomic mass is 9.71. The second-order valence-electron chi connectivity index (χ2n) is 5.99. The van der Waals surface area contributed by atoms with E-state index < -0.39 is 34.0 Å². The molecule has 24 heavy (non-hydrogen) atoms. The number of benzene rings is 1. The Hall–Kier alpha value is -2.15. The predicted octanol–water partition coefficient (Wildman–Crippen LogP) is 2.00. The minimum absolute atomic E-state index is 0.295. The molecule has 0 unspecified atom stereocenters. The largest absolute Gasteiger partial charge is 0.493 e. The first-order valence-corrected chi connectivity index (χ1v) is 8.16. The molecule has 0 N–H and O–H groups in total. The first-order valence-electron chi connectivity index (χ1n) is 7.37. The van der Waals surface area contributed by atoms with Gasteiger partial charge in [0, 0.05) is 17.0 Å². The van der Waals surface area contributed by atoms with E-state index >= 15 is 0 Å². The van der Waals surface area contributed by atoms with E-state index in [4.69, 9.17) is 14.2 Å². The molecule has 1 saturated heterocycles. The highest BCUT2D eigenvalue weighted by atomic mass is 79.9. The zero-order chi connectivity index (χ0) is 17.2. The molecule has 3 aliphatic carbocycles. The Morgan fingerprint density at radius 3 is 2.54 bits per heavy atom. The van der Waals surface area contributed by atoms with Crippen LogP contribution in [-0.4, -0.2) is 36.3 Å². The third-order valence-electron chi connectivity index (χ3n) is 4.98. The third-order valence-corrected chi connectivity index (χ3v) is 6.10. The number of alkyl halides is 1. The lowest BCUT2D eigenvalue weighted by molar-refractivity contribution is -0.153. The van der Waals surface area contributed by atoms with Gasteiger partial charge in [0.1, 0.15) is 4.32 Å². The van der Waals surface area contributed by atoms with Gasteiger partial charge in [0.2, 0.25) is 0 Å². The van der Waals surface area contributed by atoms with Gasteiger partial charge in [0.15, 0.2) is 17.3 Å². The van der Waals surface area contributed by atoms with Crippen LogP contribution >= 0.6 is 15.9 Å². The van der Waals surface area contributed by atoms with Crippen LogP contribution in [0.1, 0.15) is 21.8 Å². The molecule has 4 aliphatic rings. The summed E-state index contributed by atoms with van der Waals surface area (Å²) < 4.78 is 14.3. The summed E-state index contributed by atoms with van der Waals surface area (Å²) in [5, 5.41) is 0. The van der Waals surface area contributed by atoms with Crippen LogP contribution in [0.3, 0.4) is 0 Å². The lowest BCUT2D eigenvalue weighted by Crippen LogP contribution is -2.45. The van der Waals surface area contributed by atoms with Crippen LogP contribution in [0, 0.1) is 11.8 Å². The van der Waals surface area contributed by atoms with E-state index in [1.54, 1.807) is 24.3 Å². The number of hydrogen-bond donors (Lipinski definition) is 0. The second kappa shape index (κ2) is 4.92. The molecule has 5 rings (SSSR count). The van der Waals surface area contributed by atoms with Gasteiger partial charge in [0.25, 0.3) is 0 Å². The minimum Gasteiger partial charge on any atom is -0.493 e. The third kappa shape index (κ3) is 1.68. The van der Waals surface area contributed by atoms with Gasteiger partial charge in [-0.15, -0.1) is 0 Å². The van der Waals surface area contributed by atoms with Crippen molar-refractivity contribution in [3.8, 4) is 11.5 Å². The Balaban J connectivity index is 2.06. The van der Waals surface area contributed by atoms with E-state index in [-0.39, 0.29) is 5.78 Å². The van der Waals surface area contributed by atoms with Crippen molar-refractivity contribution in [1.82, 2.24) is 0 Å². The summed E-state index contributed by atoms with van der Waals surface area (Å²) in [5.74, 6) is -2.90. The number of halogens is 1. The molecule has 0 saturated carbocycles. The summed E-state index contributed by atoms with van der Waals surface area (Å²) >= 11 is 3.41. The number of carbonyl (C=O) groups is 3. The molecule has 1 heterocycles. The van der Waals surface area contributed by atoms with Crippen molar-refractivity contribution in [3.63, 3.8) is 0 Å². The smallest absolute Gasteiger partial charge is 0.319 e. The van der Waals surface area contributed by atoms with Gasteiger partial charge in [-0.05, 0) is 12.1 Å². The number of hydrogen-bond acceptors (Lipinski definition) is 6. The minimum atomic E-state index is -1.29. The first kappa shape index (κ1) is 15.4. The maximum absolute atomic E-state index is 13.2. The number of carbonyl (C=O) groups excluding carboxylic acids is 3. The number of ketones is 1. The number of ether oxygens (including phenoxy) is 3. The van der Waals surface area contributed by atoms with Crippen molar-refractivity contribution in [3.05, 3.63) is 35.4 Å². The summed E-state index contributed by atoms with van der Waals surface area (Å²) in [6.45, 7) is 0. The van der Waals surface area contributed by atoms with Gasteiger partial charge in [-0.1, -0.05) is 28.1 Å². The molecule has 7 heteroatoms. The molecule has 0 aromatic heterocycles. The number of rotatable bonds is 2. The fourth-order valence-corrected chi connectivity index (χ4v) is 4.78. The summed E-state index contributed by atoms with van der Waals surface area (Å²) in [6, 6.07) is 3.29. The van der Waals surface area contributed by atoms with Crippen LogP contribution in [-0.2, 0) is 14.3 Å². The molecule has 1 aromatic carbocycles. The van der Waals surface area contributed by atoms with Crippen LogP contribution in [0.5, 0.6) is 11.5 Å². The van der Waals surface area contributed by atoms with Crippen molar-refractivity contribution in [1.29, 1.82) is 0 Å². The van der Waals surface area contributed by atoms with E-state index in [1.165, 1.54) is 14.2 Å². The zero-order valence-corrected chi connectivity index (χ0v) is 14.5. The van der Waals surface area contributed by atoms with E-state index in [2.05, 4.69) is 15.9 Å². The Morgan fingerprint density at radius 1 is 1.12 bits per heavy atom. The summed E-state index contributed by atoms with van der Waals surface area (Å²) in [6.07, 6.45) is 3.41. The molecule has 1 fully saturated rings. The van der Waals surface area contributed by atoms with Gasteiger partial charge < -0.3 is 14.2 Å². The maximum Gasteiger partial charge on any atom is 0.319 e. The van der Waals surface area contributed by atoms with Crippen LogP contribution in [0.2, 0.25) is 0 Å². The Kier molecular flexibility index (Phi) is 3.16. The monoisotopic (exact) mass is 392 g/mol. The Labute approximate surface area is 145 Å². The Bertz CT molecular complexity index is 829. The average Bonchev–Trinajstić information content (AvgIpc) is 2.79. The standard InChI is InChI=1S/C17H13BrO6/c1-22-9-4-3-8-10(13(9)23-2)7-5-6-17(18,14(8)19)12-11(7)15(20)24-16(12)21/h3-7,11-12H,1-2H3/t7-,11+,12+,17+/m1/s1. The van der Waals surface area contributed by atoms with Crippen molar-refractivity contribution in [2.45, 2.75) is 10.2 Å². The highest BCUT2D eigenvalue weighted by molar-refractivity contribution is 9.10. The molecular formula is C17H13BrO6. The topological polar surface area (TPSA) is 78.9 Å². The van der Waals surface area contributed by atoms with Crippen LogP contribution < -0.4 is 9.47 Å². The highest BCUT2D eigenvalue weighted by Crippen LogP contribution is 2.57. The zero-order valence-electron chi connectivity index (χ0n) is 12.9. The molecule has 0 radical (unpaired) electrons. The molecular weight excluding hydrogens is 380 g/mol. The van der Waals surface area contributed by atoms with Gasteiger partial charge >= 0.3 is 11.9 Å². The normalized spacial score (nSPS) is 33.0. The predicted molar refractivity (Wildman–Crippen MR) is 85.5 cm³/mol. The molecule has 4 atom stereocenters. The van der Waals surface area contributed by atoms with Crippen LogP contribution in [0.15, 0.2) is 24.3 Å². The van der Waals surface area contributed by atoms with Crippen molar-refractivity contribution in [2.75, 3.05) is 14.2 Å². The van der Waals surface area contributed by atoms with Gasteiger partial charge in [0.05, 0.1) is 26.1 Å². The number of Topliss-reactive ketones (excluding diaryl/α,β-unsaturated/α-hetero) is 1. The molecule has 124 valence electrons. The van der Waals surface area contributed by atoms with Gasteiger partial charge in [-0.25, -0.2) is 0 Å². The van der Waals surface area contributed by atoms with Crippen molar-refractivity contribution in [2.24, 2.45) is 11.8 Å². The number of esters is 2. The summed E-state index contributed by atoms with van der Waals surface area (Å²) in [5.41, 5.74) is 0.966. The molecule has 1 aliphatic heterocycles. The van der Waals surface area contributed by atoms with E-state index in [0.29, 0.717) is 22.6 Å². The van der Waals surface area contributed by atoms with Gasteiger partial charge in [-0.2, -0.15) is 0 Å². The molecule has 2 bridgehead atoms. The highest BCUT2D eigenvalue weighted by Gasteiger charge is 2.64. The van der Waals surface area contributed by atoms with E-state index in [0.717, 1.165) is 0 Å². The second-order valence-corrected chi connectivity index (χ2v) is 7.30. The summed E-state index contributed by atoms with van der Waals surface area (Å²) in [7, 11) is 2.97. The van der Waals surface area contributed by atoms with Crippen molar-refractivity contribution >= 4 is 33.7 Å². The van der Waals surface area contributed by atoms with Crippen LogP contribution in [0.25, 0.3) is 0 Å². The molecule has 6 nitrogen and oxygen atoms in total. The Morgan fingerprint density at radius 2 is 1.88 bits per heavy atom. The molecule has 0 spiro atoms. The summed E-state index contributed by atoms with van der Waals surface area (Å²) in [4.78, 5) is 37.7. The molecule has 0 amide bonds. The fraction of sp³-hybridized carbons (Fsp3) is 0.353. The van der Waals surface area contributed by atoms with Crippen LogP contribution in [0.4, 0.5) is 0 Å². The maximum atomic E-state index is 13.2. The van der Waals surface area contributed by atoms with E-state index in [9.17, 15) is 14.4 Å². The number of methoxy groups -OCH3 is 2. The molecule has 1 aromatic rings. The lowest BCUT2D eigenvalue weighted by Gasteiger charge is -2.32. The first-order chi connectivity index (χ1) is 11.4. The number of cyclic esters (lactones) is 2.